The van der Waals surface area contributed by atoms with Gasteiger partial charge in [-0.05, 0) is 19.3 Å². The first-order valence-corrected chi connectivity index (χ1v) is 13.9. The molecule has 0 radical (unpaired) electrons. The fraction of sp³-hybridized carbons (Fsp3) is 0.893. The van der Waals surface area contributed by atoms with Crippen LogP contribution < -0.4 is 5.32 Å². The largest absolute Gasteiger partial charge is 0.394 e. The summed E-state index contributed by atoms with van der Waals surface area (Å²) in [7, 11) is 0. The first-order chi connectivity index (χ1) is 15.7. The van der Waals surface area contributed by atoms with Crippen molar-refractivity contribution >= 4 is 5.91 Å². The van der Waals surface area contributed by atoms with Crippen molar-refractivity contribution in [2.24, 2.45) is 0 Å². The van der Waals surface area contributed by atoms with Crippen LogP contribution in [-0.4, -0.2) is 34.9 Å². The van der Waals surface area contributed by atoms with Crippen LogP contribution in [0.4, 0.5) is 0 Å². The van der Waals surface area contributed by atoms with E-state index in [1.165, 1.54) is 96.3 Å². The second kappa shape index (κ2) is 24.8. The lowest BCUT2D eigenvalue weighted by atomic mass is 10.0. The summed E-state index contributed by atoms with van der Waals surface area (Å²) in [6, 6.07) is -0.611. The van der Waals surface area contributed by atoms with Gasteiger partial charge < -0.3 is 15.5 Å². The molecule has 0 aromatic rings. The van der Waals surface area contributed by atoms with Gasteiger partial charge in [0.2, 0.25) is 5.91 Å². The summed E-state index contributed by atoms with van der Waals surface area (Å²) in [5, 5.41) is 22.6. The lowest BCUT2D eigenvalue weighted by molar-refractivity contribution is -0.123. The Balaban J connectivity index is 3.70. The number of aliphatic hydroxyl groups excluding tert-OH is 2. The third-order valence-corrected chi connectivity index (χ3v) is 6.27. The summed E-state index contributed by atoms with van der Waals surface area (Å²) in [5.74, 6) is -0.0699. The number of allylic oxidation sites excluding steroid dienone is 1. The Morgan fingerprint density at radius 2 is 1.16 bits per heavy atom. The predicted octanol–water partition coefficient (Wildman–Crippen LogP) is 7.22. The Hall–Kier alpha value is -0.870. The molecule has 1 amide bonds. The van der Waals surface area contributed by atoms with Crippen LogP contribution in [0.3, 0.4) is 0 Å². The van der Waals surface area contributed by atoms with Gasteiger partial charge in [0.15, 0.2) is 0 Å². The number of nitrogens with one attached hydrogen (secondary N) is 1. The highest BCUT2D eigenvalue weighted by molar-refractivity contribution is 5.76. The molecule has 0 saturated carbocycles. The van der Waals surface area contributed by atoms with Gasteiger partial charge in [0.05, 0.1) is 18.8 Å². The standard InChI is InChI=1S/C28H55NO3/c1-3-5-7-9-11-13-14-16-18-20-22-24-28(32)29-26(25-30)27(31)23-21-19-17-15-12-10-8-6-4-2/h21,23,26-27,30-31H,3-20,22,24-25H2,1-2H3,(H,29,32)/b23-21+/t26-,27+/m0/s1. The Morgan fingerprint density at radius 1 is 0.719 bits per heavy atom. The zero-order valence-corrected chi connectivity index (χ0v) is 21.5. The molecule has 0 bridgehead atoms. The quantitative estimate of drug-likeness (QED) is 0.107. The van der Waals surface area contributed by atoms with Gasteiger partial charge in [0, 0.05) is 6.42 Å². The molecule has 0 rings (SSSR count). The molecule has 0 aliphatic carbocycles. The summed E-state index contributed by atoms with van der Waals surface area (Å²) in [4.78, 5) is 12.1. The molecule has 32 heavy (non-hydrogen) atoms. The maximum Gasteiger partial charge on any atom is 0.220 e. The first-order valence-electron chi connectivity index (χ1n) is 13.9. The SMILES string of the molecule is CCCCCCCCC/C=C/[C@@H](O)[C@H](CO)NC(=O)CCCCCCCCCCCCC. The molecule has 0 aliphatic heterocycles. The van der Waals surface area contributed by atoms with Crippen LogP contribution in [-0.2, 0) is 4.79 Å². The van der Waals surface area contributed by atoms with E-state index in [9.17, 15) is 15.0 Å². The van der Waals surface area contributed by atoms with Crippen LogP contribution in [0.1, 0.15) is 142 Å². The number of carbonyl (C=O) groups excluding carboxylic acids is 1. The number of unbranched alkanes of at least 4 members (excludes halogenated alkanes) is 17. The van der Waals surface area contributed by atoms with Gasteiger partial charge in [-0.25, -0.2) is 0 Å². The van der Waals surface area contributed by atoms with Gasteiger partial charge >= 0.3 is 0 Å². The van der Waals surface area contributed by atoms with Gasteiger partial charge in [0.1, 0.15) is 0 Å². The van der Waals surface area contributed by atoms with Crippen LogP contribution in [0.2, 0.25) is 0 Å². The van der Waals surface area contributed by atoms with E-state index in [1.54, 1.807) is 6.08 Å². The van der Waals surface area contributed by atoms with Crippen molar-refractivity contribution in [3.8, 4) is 0 Å². The maximum absolute atomic E-state index is 12.1. The van der Waals surface area contributed by atoms with Crippen molar-refractivity contribution in [2.45, 2.75) is 154 Å². The van der Waals surface area contributed by atoms with Crippen molar-refractivity contribution in [1.82, 2.24) is 5.32 Å². The lowest BCUT2D eigenvalue weighted by Crippen LogP contribution is -2.45. The highest BCUT2D eigenvalue weighted by atomic mass is 16.3. The summed E-state index contributed by atoms with van der Waals surface area (Å²) in [6.07, 6.45) is 27.0. The normalized spacial score (nSPS) is 13.5. The van der Waals surface area contributed by atoms with Crippen molar-refractivity contribution in [1.29, 1.82) is 0 Å². The molecule has 2 atom stereocenters. The van der Waals surface area contributed by atoms with Gasteiger partial charge in [-0.1, -0.05) is 129 Å². The minimum atomic E-state index is -0.828. The molecule has 0 spiro atoms. The topological polar surface area (TPSA) is 69.6 Å². The van der Waals surface area contributed by atoms with E-state index < -0.39 is 12.1 Å². The van der Waals surface area contributed by atoms with Crippen molar-refractivity contribution in [3.05, 3.63) is 12.2 Å². The molecular weight excluding hydrogens is 398 g/mol. The van der Waals surface area contributed by atoms with Crippen molar-refractivity contribution in [3.63, 3.8) is 0 Å². The maximum atomic E-state index is 12.1. The molecule has 0 fully saturated rings. The average molecular weight is 454 g/mol. The third-order valence-electron chi connectivity index (χ3n) is 6.27. The van der Waals surface area contributed by atoms with Crippen molar-refractivity contribution < 1.29 is 15.0 Å². The number of hydrogen-bond donors (Lipinski definition) is 3. The molecule has 190 valence electrons. The number of amides is 1. The zero-order valence-electron chi connectivity index (χ0n) is 21.5. The molecular formula is C28H55NO3. The molecule has 0 unspecified atom stereocenters. The smallest absolute Gasteiger partial charge is 0.220 e. The Bertz CT molecular complexity index is 425. The van der Waals surface area contributed by atoms with Gasteiger partial charge in [0.25, 0.3) is 0 Å². The number of aliphatic hydroxyl groups is 2. The first kappa shape index (κ1) is 31.1. The minimum absolute atomic E-state index is 0.0699. The van der Waals surface area contributed by atoms with E-state index in [-0.39, 0.29) is 12.5 Å². The number of hydrogen-bond acceptors (Lipinski definition) is 3. The van der Waals surface area contributed by atoms with Crippen molar-refractivity contribution in [2.75, 3.05) is 6.61 Å². The summed E-state index contributed by atoms with van der Waals surface area (Å²) < 4.78 is 0. The van der Waals surface area contributed by atoms with Gasteiger partial charge in [-0.3, -0.25) is 4.79 Å². The second-order valence-corrected chi connectivity index (χ2v) is 9.47. The van der Waals surface area contributed by atoms with Gasteiger partial charge in [-0.15, -0.1) is 0 Å². The monoisotopic (exact) mass is 453 g/mol. The lowest BCUT2D eigenvalue weighted by Gasteiger charge is -2.20. The van der Waals surface area contributed by atoms with E-state index >= 15 is 0 Å². The molecule has 0 saturated heterocycles. The third kappa shape index (κ3) is 21.0. The van der Waals surface area contributed by atoms with E-state index in [1.807, 2.05) is 6.08 Å². The zero-order chi connectivity index (χ0) is 23.7. The summed E-state index contributed by atoms with van der Waals surface area (Å²) in [5.41, 5.74) is 0. The molecule has 0 heterocycles. The molecule has 0 aromatic carbocycles. The second-order valence-electron chi connectivity index (χ2n) is 9.47. The van der Waals surface area contributed by atoms with Crippen LogP contribution in [0.5, 0.6) is 0 Å². The number of carbonyl (C=O) groups is 1. The number of rotatable bonds is 24. The highest BCUT2D eigenvalue weighted by Gasteiger charge is 2.17. The van der Waals surface area contributed by atoms with E-state index in [4.69, 9.17) is 0 Å². The Kier molecular flexibility index (Phi) is 24.1. The van der Waals surface area contributed by atoms with Crippen LogP contribution in [0.25, 0.3) is 0 Å². The highest BCUT2D eigenvalue weighted by Crippen LogP contribution is 2.12. The fourth-order valence-corrected chi connectivity index (χ4v) is 4.06. The van der Waals surface area contributed by atoms with E-state index in [0.29, 0.717) is 6.42 Å². The van der Waals surface area contributed by atoms with E-state index in [0.717, 1.165) is 25.7 Å². The Labute approximate surface area is 199 Å². The predicted molar refractivity (Wildman–Crippen MR) is 138 cm³/mol. The van der Waals surface area contributed by atoms with Gasteiger partial charge in [-0.2, -0.15) is 0 Å². The summed E-state index contributed by atoms with van der Waals surface area (Å²) in [6.45, 7) is 4.24. The summed E-state index contributed by atoms with van der Waals surface area (Å²) >= 11 is 0. The molecule has 4 nitrogen and oxygen atoms in total. The minimum Gasteiger partial charge on any atom is -0.394 e. The molecule has 3 N–H and O–H groups in total. The molecule has 0 aromatic heterocycles. The van der Waals surface area contributed by atoms with E-state index in [2.05, 4.69) is 19.2 Å². The average Bonchev–Trinajstić information content (AvgIpc) is 2.79. The molecule has 4 heteroatoms. The van der Waals surface area contributed by atoms with Crippen LogP contribution >= 0.6 is 0 Å². The van der Waals surface area contributed by atoms with Crippen LogP contribution in [0, 0.1) is 0 Å². The van der Waals surface area contributed by atoms with Crippen LogP contribution in [0.15, 0.2) is 12.2 Å². The molecule has 0 aliphatic rings. The fourth-order valence-electron chi connectivity index (χ4n) is 4.06. The Morgan fingerprint density at radius 3 is 1.62 bits per heavy atom.